The Kier molecular flexibility index (Phi) is 4.00. The van der Waals surface area contributed by atoms with Gasteiger partial charge in [0.2, 0.25) is 0 Å². The van der Waals surface area contributed by atoms with Crippen molar-refractivity contribution in [3.8, 4) is 23.2 Å². The number of para-hydroxylation sites is 1. The summed E-state index contributed by atoms with van der Waals surface area (Å²) < 4.78 is 7.29. The molecule has 0 spiro atoms. The van der Waals surface area contributed by atoms with Crippen LogP contribution in [0.5, 0.6) is 0 Å². The molecule has 2 heterocycles. The molecular weight excluding hydrogens is 304 g/mol. The maximum atomic E-state index is 11.3. The highest BCUT2D eigenvalue weighted by molar-refractivity contribution is 6.01. The summed E-state index contributed by atoms with van der Waals surface area (Å²) in [6, 6.07) is 14.9. The molecule has 0 fully saturated rings. The van der Waals surface area contributed by atoms with Gasteiger partial charge in [-0.25, -0.2) is 4.68 Å². The van der Waals surface area contributed by atoms with E-state index in [4.69, 9.17) is 15.4 Å². The third-order valence-electron chi connectivity index (χ3n) is 3.42. The molecule has 3 aromatic rings. The summed E-state index contributed by atoms with van der Waals surface area (Å²) in [6.45, 7) is 1.83. The summed E-state index contributed by atoms with van der Waals surface area (Å²) in [7, 11) is 0. The second-order valence-electron chi connectivity index (χ2n) is 5.16. The predicted molar refractivity (Wildman–Crippen MR) is 88.8 cm³/mol. The molecule has 1 aromatic carbocycles. The number of aryl methyl sites for hydroxylation is 1. The third kappa shape index (κ3) is 2.96. The van der Waals surface area contributed by atoms with Crippen LogP contribution in [0.2, 0.25) is 0 Å². The fourth-order valence-corrected chi connectivity index (χ4v) is 2.27. The summed E-state index contributed by atoms with van der Waals surface area (Å²) in [5.74, 6) is 0.506. The van der Waals surface area contributed by atoms with E-state index in [1.807, 2.05) is 43.3 Å². The van der Waals surface area contributed by atoms with Crippen molar-refractivity contribution in [3.63, 3.8) is 0 Å². The van der Waals surface area contributed by atoms with Crippen molar-refractivity contribution in [3.05, 3.63) is 65.6 Å². The van der Waals surface area contributed by atoms with Gasteiger partial charge in [-0.15, -0.1) is 0 Å². The van der Waals surface area contributed by atoms with E-state index < -0.39 is 5.91 Å². The molecule has 6 heteroatoms. The van der Waals surface area contributed by atoms with E-state index in [0.29, 0.717) is 17.0 Å². The Morgan fingerprint density at radius 1 is 1.29 bits per heavy atom. The number of carbonyl (C=O) groups is 1. The minimum absolute atomic E-state index is 0.146. The molecule has 6 nitrogen and oxygen atoms in total. The highest BCUT2D eigenvalue weighted by Gasteiger charge is 2.15. The molecule has 0 saturated carbocycles. The van der Waals surface area contributed by atoms with E-state index in [0.717, 1.165) is 11.4 Å². The molecule has 0 aliphatic heterocycles. The fourth-order valence-electron chi connectivity index (χ4n) is 2.27. The molecule has 0 bridgehead atoms. The average Bonchev–Trinajstić information content (AvgIpc) is 3.19. The van der Waals surface area contributed by atoms with E-state index in [2.05, 4.69) is 5.10 Å². The SMILES string of the molecule is Cc1ccc(-c2nn(-c3ccccc3)cc2/C=C(/C#N)C(N)=O)o1. The van der Waals surface area contributed by atoms with Crippen LogP contribution < -0.4 is 5.73 Å². The Hall–Kier alpha value is -3.59. The van der Waals surface area contributed by atoms with Crippen molar-refractivity contribution in [2.24, 2.45) is 5.73 Å². The number of aromatic nitrogens is 2. The van der Waals surface area contributed by atoms with Crippen molar-refractivity contribution in [2.45, 2.75) is 6.92 Å². The van der Waals surface area contributed by atoms with Gasteiger partial charge in [0.1, 0.15) is 23.1 Å². The Balaban J connectivity index is 2.17. The molecule has 0 saturated heterocycles. The summed E-state index contributed by atoms with van der Waals surface area (Å²) in [5.41, 5.74) is 7.03. The fraction of sp³-hybridized carbons (Fsp3) is 0.0556. The number of hydrogen-bond donors (Lipinski definition) is 1. The Morgan fingerprint density at radius 2 is 2.04 bits per heavy atom. The number of primary amides is 1. The third-order valence-corrected chi connectivity index (χ3v) is 3.42. The van der Waals surface area contributed by atoms with Crippen molar-refractivity contribution in [1.29, 1.82) is 5.26 Å². The number of amides is 1. The summed E-state index contributed by atoms with van der Waals surface area (Å²) in [6.07, 6.45) is 3.14. The van der Waals surface area contributed by atoms with Gasteiger partial charge in [0.15, 0.2) is 5.76 Å². The first kappa shape index (κ1) is 15.3. The number of furan rings is 1. The number of nitrogens with two attached hydrogens (primary N) is 1. The summed E-state index contributed by atoms with van der Waals surface area (Å²) in [4.78, 5) is 11.3. The van der Waals surface area contributed by atoms with Crippen LogP contribution in [0.1, 0.15) is 11.3 Å². The normalized spacial score (nSPS) is 11.2. The van der Waals surface area contributed by atoms with Crippen LogP contribution in [-0.4, -0.2) is 15.7 Å². The van der Waals surface area contributed by atoms with Gasteiger partial charge >= 0.3 is 0 Å². The number of nitrogens with zero attached hydrogens (tertiary/aromatic N) is 3. The number of nitriles is 1. The summed E-state index contributed by atoms with van der Waals surface area (Å²) in [5, 5.41) is 13.6. The van der Waals surface area contributed by atoms with Crippen LogP contribution in [0.3, 0.4) is 0 Å². The van der Waals surface area contributed by atoms with Gasteiger partial charge in [-0.3, -0.25) is 4.79 Å². The Labute approximate surface area is 138 Å². The lowest BCUT2D eigenvalue weighted by Gasteiger charge is -1.98. The van der Waals surface area contributed by atoms with Crippen LogP contribution in [0.4, 0.5) is 0 Å². The van der Waals surface area contributed by atoms with Gasteiger partial charge < -0.3 is 10.2 Å². The highest BCUT2D eigenvalue weighted by atomic mass is 16.3. The molecule has 0 radical (unpaired) electrons. The molecule has 2 N–H and O–H groups in total. The minimum atomic E-state index is -0.786. The van der Waals surface area contributed by atoms with Gasteiger partial charge in [-0.1, -0.05) is 18.2 Å². The molecule has 118 valence electrons. The Bertz CT molecular complexity index is 959. The molecule has 0 aliphatic rings. The van der Waals surface area contributed by atoms with E-state index >= 15 is 0 Å². The molecule has 24 heavy (non-hydrogen) atoms. The molecule has 0 atom stereocenters. The van der Waals surface area contributed by atoms with E-state index in [-0.39, 0.29) is 5.57 Å². The maximum Gasteiger partial charge on any atom is 0.259 e. The summed E-state index contributed by atoms with van der Waals surface area (Å²) >= 11 is 0. The zero-order valence-corrected chi connectivity index (χ0v) is 12.9. The predicted octanol–water partition coefficient (Wildman–Crippen LogP) is 2.83. The second-order valence-corrected chi connectivity index (χ2v) is 5.16. The zero-order chi connectivity index (χ0) is 17.1. The van der Waals surface area contributed by atoms with Crippen LogP contribution in [0, 0.1) is 18.3 Å². The molecule has 3 rings (SSSR count). The second kappa shape index (κ2) is 6.26. The first-order valence-corrected chi connectivity index (χ1v) is 7.22. The lowest BCUT2D eigenvalue weighted by Crippen LogP contribution is -2.12. The molecular formula is C18H14N4O2. The lowest BCUT2D eigenvalue weighted by atomic mass is 10.1. The van der Waals surface area contributed by atoms with Gasteiger partial charge in [-0.05, 0) is 37.3 Å². The number of carbonyl (C=O) groups excluding carboxylic acids is 1. The lowest BCUT2D eigenvalue weighted by molar-refractivity contribution is -0.114. The topological polar surface area (TPSA) is 97.8 Å². The van der Waals surface area contributed by atoms with E-state index in [1.165, 1.54) is 6.08 Å². The van der Waals surface area contributed by atoms with Crippen LogP contribution in [-0.2, 0) is 4.79 Å². The Morgan fingerprint density at radius 3 is 2.62 bits per heavy atom. The maximum absolute atomic E-state index is 11.3. The number of benzene rings is 1. The zero-order valence-electron chi connectivity index (χ0n) is 12.9. The first-order chi connectivity index (χ1) is 11.6. The molecule has 1 amide bonds. The van der Waals surface area contributed by atoms with E-state index in [1.54, 1.807) is 23.0 Å². The van der Waals surface area contributed by atoms with Crippen molar-refractivity contribution in [2.75, 3.05) is 0 Å². The number of hydrogen-bond acceptors (Lipinski definition) is 4. The standard InChI is InChI=1S/C18H14N4O2/c1-12-7-8-16(24-12)17-14(9-13(10-19)18(20)23)11-22(21-17)15-5-3-2-4-6-15/h2-9,11H,1H3,(H2,20,23)/b13-9-. The van der Waals surface area contributed by atoms with Crippen LogP contribution in [0.25, 0.3) is 23.2 Å². The van der Waals surface area contributed by atoms with Gasteiger partial charge in [0.25, 0.3) is 5.91 Å². The van der Waals surface area contributed by atoms with Gasteiger partial charge in [0.05, 0.1) is 5.69 Å². The van der Waals surface area contributed by atoms with Gasteiger partial charge in [-0.2, -0.15) is 10.4 Å². The van der Waals surface area contributed by atoms with Crippen LogP contribution >= 0.6 is 0 Å². The highest BCUT2D eigenvalue weighted by Crippen LogP contribution is 2.27. The van der Waals surface area contributed by atoms with Crippen molar-refractivity contribution >= 4 is 12.0 Å². The van der Waals surface area contributed by atoms with Gasteiger partial charge in [0, 0.05) is 11.8 Å². The molecule has 0 aliphatic carbocycles. The first-order valence-electron chi connectivity index (χ1n) is 7.22. The average molecular weight is 318 g/mol. The number of rotatable bonds is 4. The molecule has 2 aromatic heterocycles. The smallest absolute Gasteiger partial charge is 0.259 e. The van der Waals surface area contributed by atoms with Crippen LogP contribution in [0.15, 0.2) is 58.7 Å². The monoisotopic (exact) mass is 318 g/mol. The quantitative estimate of drug-likeness (QED) is 0.590. The van der Waals surface area contributed by atoms with E-state index in [9.17, 15) is 4.79 Å². The van der Waals surface area contributed by atoms with Crippen molar-refractivity contribution in [1.82, 2.24) is 9.78 Å². The van der Waals surface area contributed by atoms with Crippen molar-refractivity contribution < 1.29 is 9.21 Å². The molecule has 0 unspecified atom stereocenters. The minimum Gasteiger partial charge on any atom is -0.460 e. The largest absolute Gasteiger partial charge is 0.460 e.